The van der Waals surface area contributed by atoms with Gasteiger partial charge in [0.25, 0.3) is 10.0 Å². The van der Waals surface area contributed by atoms with Crippen LogP contribution in [0.5, 0.6) is 0 Å². The van der Waals surface area contributed by atoms with E-state index in [1.807, 2.05) is 6.07 Å². The monoisotopic (exact) mass is 389 g/mol. The second-order valence-corrected chi connectivity index (χ2v) is 6.97. The highest BCUT2D eigenvalue weighted by Gasteiger charge is 2.17. The van der Waals surface area contributed by atoms with E-state index in [4.69, 9.17) is 0 Å². The number of sulfonamides is 1. The van der Waals surface area contributed by atoms with E-state index in [2.05, 4.69) is 36.6 Å². The van der Waals surface area contributed by atoms with E-state index in [0.717, 1.165) is 0 Å². The standard InChI is InChI=1S/C12H9Br2NO2S/c13-9-6-7-11(14)12(8-9)18(16,17)15-10-4-2-1-3-5-10/h1-8,15H. The third-order valence-corrected chi connectivity index (χ3v) is 5.08. The Hall–Kier alpha value is -0.850. The normalized spacial score (nSPS) is 11.2. The van der Waals surface area contributed by atoms with Gasteiger partial charge in [-0.3, -0.25) is 4.72 Å². The van der Waals surface area contributed by atoms with Crippen LogP contribution in [0.2, 0.25) is 0 Å². The maximum atomic E-state index is 12.2. The summed E-state index contributed by atoms with van der Waals surface area (Å²) in [7, 11) is -3.59. The maximum Gasteiger partial charge on any atom is 0.263 e. The number of rotatable bonds is 3. The summed E-state index contributed by atoms with van der Waals surface area (Å²) in [5.41, 5.74) is 0.532. The van der Waals surface area contributed by atoms with E-state index in [1.165, 1.54) is 0 Å². The van der Waals surface area contributed by atoms with Crippen LogP contribution in [0.25, 0.3) is 0 Å². The zero-order chi connectivity index (χ0) is 13.2. The van der Waals surface area contributed by atoms with Gasteiger partial charge >= 0.3 is 0 Å². The van der Waals surface area contributed by atoms with Crippen molar-refractivity contribution in [3.63, 3.8) is 0 Å². The minimum absolute atomic E-state index is 0.195. The molecule has 0 spiro atoms. The molecule has 18 heavy (non-hydrogen) atoms. The van der Waals surface area contributed by atoms with Crippen LogP contribution in [0.15, 0.2) is 62.4 Å². The van der Waals surface area contributed by atoms with Crippen molar-refractivity contribution >= 4 is 47.6 Å². The first-order valence-electron chi connectivity index (χ1n) is 5.02. The molecular weight excluding hydrogens is 382 g/mol. The molecular formula is C12H9Br2NO2S. The van der Waals surface area contributed by atoms with Gasteiger partial charge in [0.1, 0.15) is 4.90 Å². The Bertz CT molecular complexity index is 657. The van der Waals surface area contributed by atoms with Gasteiger partial charge in [-0.2, -0.15) is 0 Å². The molecule has 2 rings (SSSR count). The quantitative estimate of drug-likeness (QED) is 0.860. The summed E-state index contributed by atoms with van der Waals surface area (Å²) in [5, 5.41) is 0. The van der Waals surface area contributed by atoms with Crippen LogP contribution < -0.4 is 4.72 Å². The van der Waals surface area contributed by atoms with E-state index in [0.29, 0.717) is 14.6 Å². The fourth-order valence-electron chi connectivity index (χ4n) is 1.40. The summed E-state index contributed by atoms with van der Waals surface area (Å²) in [5.74, 6) is 0. The zero-order valence-corrected chi connectivity index (χ0v) is 13.1. The predicted octanol–water partition coefficient (Wildman–Crippen LogP) is 4.01. The Morgan fingerprint density at radius 2 is 1.61 bits per heavy atom. The summed E-state index contributed by atoms with van der Waals surface area (Å²) < 4.78 is 28.2. The highest BCUT2D eigenvalue weighted by atomic mass is 79.9. The molecule has 0 aliphatic heterocycles. The van der Waals surface area contributed by atoms with Crippen molar-refractivity contribution < 1.29 is 8.42 Å². The number of nitrogens with one attached hydrogen (secondary N) is 1. The second kappa shape index (κ2) is 5.42. The smallest absolute Gasteiger partial charge is 0.263 e. The number of halogens is 2. The molecule has 0 fully saturated rings. The summed E-state index contributed by atoms with van der Waals surface area (Å²) in [6.45, 7) is 0. The van der Waals surface area contributed by atoms with E-state index >= 15 is 0 Å². The van der Waals surface area contributed by atoms with E-state index in [1.54, 1.807) is 42.5 Å². The molecule has 0 atom stereocenters. The van der Waals surface area contributed by atoms with Crippen LogP contribution in [0.4, 0.5) is 5.69 Å². The van der Waals surface area contributed by atoms with Gasteiger partial charge in [0.2, 0.25) is 0 Å². The molecule has 0 unspecified atom stereocenters. The Balaban J connectivity index is 2.40. The van der Waals surface area contributed by atoms with Gasteiger partial charge < -0.3 is 0 Å². The molecule has 0 saturated heterocycles. The lowest BCUT2D eigenvalue weighted by molar-refractivity contribution is 0.600. The molecule has 94 valence electrons. The van der Waals surface area contributed by atoms with Gasteiger partial charge in [-0.05, 0) is 46.3 Å². The number of hydrogen-bond acceptors (Lipinski definition) is 2. The first-order chi connectivity index (χ1) is 8.49. The number of hydrogen-bond donors (Lipinski definition) is 1. The number of para-hydroxylation sites is 1. The van der Waals surface area contributed by atoms with E-state index < -0.39 is 10.0 Å². The van der Waals surface area contributed by atoms with Crippen LogP contribution in [-0.4, -0.2) is 8.42 Å². The lowest BCUT2D eigenvalue weighted by Crippen LogP contribution is -2.13. The van der Waals surface area contributed by atoms with Crippen molar-refractivity contribution in [1.82, 2.24) is 0 Å². The minimum Gasteiger partial charge on any atom is -0.280 e. The molecule has 0 saturated carbocycles. The fourth-order valence-corrected chi connectivity index (χ4v) is 3.96. The Morgan fingerprint density at radius 1 is 0.944 bits per heavy atom. The molecule has 2 aromatic carbocycles. The van der Waals surface area contributed by atoms with Gasteiger partial charge in [0.15, 0.2) is 0 Å². The second-order valence-electron chi connectivity index (χ2n) is 3.55. The Labute approximate surface area is 123 Å². The summed E-state index contributed by atoms with van der Waals surface area (Å²) >= 11 is 6.50. The minimum atomic E-state index is -3.59. The van der Waals surface area contributed by atoms with Crippen LogP contribution in [0.3, 0.4) is 0 Å². The van der Waals surface area contributed by atoms with E-state index in [-0.39, 0.29) is 4.90 Å². The number of anilines is 1. The van der Waals surface area contributed by atoms with E-state index in [9.17, 15) is 8.42 Å². The summed E-state index contributed by atoms with van der Waals surface area (Å²) in [4.78, 5) is 0.195. The lowest BCUT2D eigenvalue weighted by Gasteiger charge is -2.09. The molecule has 0 heterocycles. The van der Waals surface area contributed by atoms with Crippen LogP contribution >= 0.6 is 31.9 Å². The van der Waals surface area contributed by atoms with Crippen molar-refractivity contribution in [3.8, 4) is 0 Å². The van der Waals surface area contributed by atoms with Crippen LogP contribution in [0.1, 0.15) is 0 Å². The molecule has 0 amide bonds. The lowest BCUT2D eigenvalue weighted by atomic mass is 10.3. The maximum absolute atomic E-state index is 12.2. The molecule has 0 radical (unpaired) electrons. The Morgan fingerprint density at radius 3 is 2.28 bits per heavy atom. The van der Waals surface area contributed by atoms with Crippen molar-refractivity contribution in [3.05, 3.63) is 57.5 Å². The Kier molecular flexibility index (Phi) is 4.09. The van der Waals surface area contributed by atoms with Crippen molar-refractivity contribution in [2.75, 3.05) is 4.72 Å². The topological polar surface area (TPSA) is 46.2 Å². The largest absolute Gasteiger partial charge is 0.280 e. The highest BCUT2D eigenvalue weighted by molar-refractivity contribution is 9.11. The summed E-state index contributed by atoms with van der Waals surface area (Å²) in [6.07, 6.45) is 0. The SMILES string of the molecule is O=S(=O)(Nc1ccccc1)c1cc(Br)ccc1Br. The summed E-state index contributed by atoms with van der Waals surface area (Å²) in [6, 6.07) is 13.8. The molecule has 0 aliphatic carbocycles. The number of benzene rings is 2. The molecule has 1 N–H and O–H groups in total. The van der Waals surface area contributed by atoms with Crippen molar-refractivity contribution in [2.45, 2.75) is 4.90 Å². The molecule has 0 bridgehead atoms. The van der Waals surface area contributed by atoms with Gasteiger partial charge in [0, 0.05) is 14.6 Å². The predicted molar refractivity (Wildman–Crippen MR) is 79.1 cm³/mol. The average Bonchev–Trinajstić information content (AvgIpc) is 2.33. The van der Waals surface area contributed by atoms with Gasteiger partial charge in [-0.15, -0.1) is 0 Å². The molecule has 0 aliphatic rings. The highest BCUT2D eigenvalue weighted by Crippen LogP contribution is 2.27. The van der Waals surface area contributed by atoms with Crippen LogP contribution in [0, 0.1) is 0 Å². The first-order valence-corrected chi connectivity index (χ1v) is 8.09. The van der Waals surface area contributed by atoms with Gasteiger partial charge in [-0.25, -0.2) is 8.42 Å². The third kappa shape index (κ3) is 3.13. The molecule has 2 aromatic rings. The van der Waals surface area contributed by atoms with Crippen molar-refractivity contribution in [2.24, 2.45) is 0 Å². The molecule has 3 nitrogen and oxygen atoms in total. The fraction of sp³-hybridized carbons (Fsp3) is 0. The van der Waals surface area contributed by atoms with Gasteiger partial charge in [0.05, 0.1) is 0 Å². The molecule has 6 heteroatoms. The first kappa shape index (κ1) is 13.6. The van der Waals surface area contributed by atoms with Gasteiger partial charge in [-0.1, -0.05) is 34.1 Å². The van der Waals surface area contributed by atoms with Crippen molar-refractivity contribution in [1.29, 1.82) is 0 Å². The van der Waals surface area contributed by atoms with Crippen LogP contribution in [-0.2, 0) is 10.0 Å². The molecule has 0 aromatic heterocycles. The average molecular weight is 391 g/mol. The zero-order valence-electron chi connectivity index (χ0n) is 9.10. The third-order valence-electron chi connectivity index (χ3n) is 2.21.